The summed E-state index contributed by atoms with van der Waals surface area (Å²) in [5.74, 6) is -0.0999. The molecule has 0 aliphatic rings. The molecule has 1 aromatic carbocycles. The van der Waals surface area contributed by atoms with Gasteiger partial charge in [-0.05, 0) is 32.8 Å². The van der Waals surface area contributed by atoms with Crippen LogP contribution in [0.15, 0.2) is 24.3 Å². The Hall–Kier alpha value is -1.84. The molecular formula is C18H28N2O2. The summed E-state index contributed by atoms with van der Waals surface area (Å²) < 4.78 is 0. The van der Waals surface area contributed by atoms with Gasteiger partial charge < -0.3 is 10.2 Å². The molecule has 0 bridgehead atoms. The van der Waals surface area contributed by atoms with E-state index in [2.05, 4.69) is 11.4 Å². The highest BCUT2D eigenvalue weighted by Crippen LogP contribution is 2.12. The maximum atomic E-state index is 12.3. The number of rotatable bonds is 7. The average molecular weight is 304 g/mol. The van der Waals surface area contributed by atoms with Gasteiger partial charge in [0.1, 0.15) is 6.04 Å². The van der Waals surface area contributed by atoms with Gasteiger partial charge in [0.05, 0.1) is 0 Å². The van der Waals surface area contributed by atoms with Crippen LogP contribution in [0.3, 0.4) is 0 Å². The zero-order valence-electron chi connectivity index (χ0n) is 14.3. The van der Waals surface area contributed by atoms with Crippen molar-refractivity contribution >= 4 is 11.8 Å². The van der Waals surface area contributed by atoms with Crippen LogP contribution in [0.25, 0.3) is 0 Å². The molecule has 2 atom stereocenters. The lowest BCUT2D eigenvalue weighted by atomic mass is 10.1. The summed E-state index contributed by atoms with van der Waals surface area (Å²) in [5, 5.41) is 2.95. The van der Waals surface area contributed by atoms with Crippen LogP contribution in [0.1, 0.15) is 51.7 Å². The number of hydrogen-bond acceptors (Lipinski definition) is 2. The van der Waals surface area contributed by atoms with Crippen molar-refractivity contribution in [3.8, 4) is 0 Å². The van der Waals surface area contributed by atoms with E-state index in [0.717, 1.165) is 17.5 Å². The maximum absolute atomic E-state index is 12.3. The van der Waals surface area contributed by atoms with Gasteiger partial charge in [0, 0.05) is 19.0 Å². The van der Waals surface area contributed by atoms with E-state index in [1.807, 2.05) is 45.9 Å². The first-order valence-corrected chi connectivity index (χ1v) is 8.04. The third-order valence-corrected chi connectivity index (χ3v) is 3.91. The Balaban J connectivity index is 2.88. The van der Waals surface area contributed by atoms with Crippen molar-refractivity contribution in [2.45, 2.75) is 66.1 Å². The van der Waals surface area contributed by atoms with Crippen LogP contribution in [0.4, 0.5) is 0 Å². The summed E-state index contributed by atoms with van der Waals surface area (Å²) in [5.41, 5.74) is 2.20. The van der Waals surface area contributed by atoms with E-state index in [1.54, 1.807) is 11.8 Å². The first kappa shape index (κ1) is 18.2. The van der Waals surface area contributed by atoms with Crippen molar-refractivity contribution in [3.63, 3.8) is 0 Å². The molecule has 0 unspecified atom stereocenters. The van der Waals surface area contributed by atoms with Crippen molar-refractivity contribution < 1.29 is 9.59 Å². The fourth-order valence-corrected chi connectivity index (χ4v) is 2.26. The first-order chi connectivity index (χ1) is 10.4. The molecule has 4 nitrogen and oxygen atoms in total. The Bertz CT molecular complexity index is 514. The normalized spacial score (nSPS) is 13.3. The second-order valence-electron chi connectivity index (χ2n) is 5.86. The quantitative estimate of drug-likeness (QED) is 0.841. The van der Waals surface area contributed by atoms with Gasteiger partial charge >= 0.3 is 0 Å². The Kier molecular flexibility index (Phi) is 7.09. The van der Waals surface area contributed by atoms with Crippen molar-refractivity contribution in [2.24, 2.45) is 0 Å². The molecular weight excluding hydrogens is 276 g/mol. The molecule has 1 rings (SSSR count). The molecule has 0 aliphatic heterocycles. The zero-order valence-corrected chi connectivity index (χ0v) is 14.3. The van der Waals surface area contributed by atoms with Crippen LogP contribution >= 0.6 is 0 Å². The van der Waals surface area contributed by atoms with E-state index in [-0.39, 0.29) is 17.9 Å². The van der Waals surface area contributed by atoms with E-state index in [4.69, 9.17) is 0 Å². The van der Waals surface area contributed by atoms with E-state index in [0.29, 0.717) is 13.0 Å². The average Bonchev–Trinajstić information content (AvgIpc) is 2.51. The molecule has 122 valence electrons. The number of carbonyl (C=O) groups excluding carboxylic acids is 2. The van der Waals surface area contributed by atoms with Crippen LogP contribution in [0.2, 0.25) is 0 Å². The fourth-order valence-electron chi connectivity index (χ4n) is 2.26. The molecule has 4 heteroatoms. The number of benzene rings is 1. The maximum Gasteiger partial charge on any atom is 0.242 e. The highest BCUT2D eigenvalue weighted by molar-refractivity contribution is 5.87. The Morgan fingerprint density at radius 1 is 1.23 bits per heavy atom. The highest BCUT2D eigenvalue weighted by atomic mass is 16.2. The summed E-state index contributed by atoms with van der Waals surface area (Å²) in [6, 6.07) is 7.68. The van der Waals surface area contributed by atoms with Crippen LogP contribution in [-0.2, 0) is 16.1 Å². The van der Waals surface area contributed by atoms with Crippen molar-refractivity contribution in [2.75, 3.05) is 0 Å². The number of amides is 2. The second kappa shape index (κ2) is 8.57. The minimum Gasteiger partial charge on any atom is -0.352 e. The Morgan fingerprint density at radius 3 is 2.45 bits per heavy atom. The molecule has 0 spiro atoms. The van der Waals surface area contributed by atoms with Gasteiger partial charge in [-0.15, -0.1) is 0 Å². The lowest BCUT2D eigenvalue weighted by Gasteiger charge is -2.29. The van der Waals surface area contributed by atoms with E-state index >= 15 is 0 Å². The monoisotopic (exact) mass is 304 g/mol. The third kappa shape index (κ3) is 5.17. The molecule has 0 aromatic heterocycles. The predicted molar refractivity (Wildman–Crippen MR) is 89.4 cm³/mol. The summed E-state index contributed by atoms with van der Waals surface area (Å²) >= 11 is 0. The molecule has 2 amide bonds. The van der Waals surface area contributed by atoms with Gasteiger partial charge in [-0.25, -0.2) is 0 Å². The molecule has 22 heavy (non-hydrogen) atoms. The molecule has 0 saturated carbocycles. The topological polar surface area (TPSA) is 49.4 Å². The van der Waals surface area contributed by atoms with Gasteiger partial charge in [-0.1, -0.05) is 43.7 Å². The molecule has 0 radical (unpaired) electrons. The largest absolute Gasteiger partial charge is 0.352 e. The molecule has 0 fully saturated rings. The number of nitrogens with one attached hydrogen (secondary N) is 1. The van der Waals surface area contributed by atoms with Crippen LogP contribution in [0, 0.1) is 6.92 Å². The van der Waals surface area contributed by atoms with Gasteiger partial charge in [0.15, 0.2) is 0 Å². The van der Waals surface area contributed by atoms with Crippen LogP contribution in [0.5, 0.6) is 0 Å². The molecule has 0 saturated heterocycles. The van der Waals surface area contributed by atoms with Crippen LogP contribution in [-0.4, -0.2) is 28.8 Å². The van der Waals surface area contributed by atoms with Gasteiger partial charge in [-0.3, -0.25) is 9.59 Å². The summed E-state index contributed by atoms with van der Waals surface area (Å²) in [6.45, 7) is 10.1. The summed E-state index contributed by atoms with van der Waals surface area (Å²) in [6.07, 6.45) is 1.27. The van der Waals surface area contributed by atoms with E-state index < -0.39 is 6.04 Å². The van der Waals surface area contributed by atoms with Crippen molar-refractivity contribution in [3.05, 3.63) is 35.4 Å². The van der Waals surface area contributed by atoms with Crippen molar-refractivity contribution in [1.29, 1.82) is 0 Å². The number of aryl methyl sites for hydroxylation is 1. The number of nitrogens with zero attached hydrogens (tertiary/aromatic N) is 1. The van der Waals surface area contributed by atoms with Crippen molar-refractivity contribution in [1.82, 2.24) is 10.2 Å². The Morgan fingerprint density at radius 2 is 1.91 bits per heavy atom. The van der Waals surface area contributed by atoms with Gasteiger partial charge in [0.2, 0.25) is 11.8 Å². The lowest BCUT2D eigenvalue weighted by Crippen LogP contribution is -2.49. The molecule has 1 aromatic rings. The van der Waals surface area contributed by atoms with E-state index in [9.17, 15) is 9.59 Å². The van der Waals surface area contributed by atoms with Gasteiger partial charge in [0.25, 0.3) is 0 Å². The van der Waals surface area contributed by atoms with E-state index in [1.165, 1.54) is 0 Å². The molecule has 1 N–H and O–H groups in total. The van der Waals surface area contributed by atoms with Crippen LogP contribution < -0.4 is 5.32 Å². The minimum absolute atomic E-state index is 0.00620. The SMILES string of the molecule is CCC(=O)N(Cc1cccc(C)c1)[C@@H](C)C(=O)N[C@H](C)CC. The standard InChI is InChI=1S/C18H28N2O2/c1-6-14(4)19-18(22)15(5)20(17(21)7-2)12-16-10-8-9-13(3)11-16/h8-11,14-15H,6-7,12H2,1-5H3,(H,19,22)/t14-,15+/m1/s1. The summed E-state index contributed by atoms with van der Waals surface area (Å²) in [7, 11) is 0. The highest BCUT2D eigenvalue weighted by Gasteiger charge is 2.25. The molecule has 0 heterocycles. The number of hydrogen-bond donors (Lipinski definition) is 1. The first-order valence-electron chi connectivity index (χ1n) is 8.04. The zero-order chi connectivity index (χ0) is 16.7. The number of carbonyl (C=O) groups is 2. The minimum atomic E-state index is -0.470. The smallest absolute Gasteiger partial charge is 0.242 e. The third-order valence-electron chi connectivity index (χ3n) is 3.91. The lowest BCUT2D eigenvalue weighted by molar-refractivity contribution is -0.140. The fraction of sp³-hybridized carbons (Fsp3) is 0.556. The molecule has 0 aliphatic carbocycles. The second-order valence-corrected chi connectivity index (χ2v) is 5.86. The Labute approximate surface area is 133 Å². The predicted octanol–water partition coefficient (Wildman–Crippen LogP) is 3.04. The van der Waals surface area contributed by atoms with Gasteiger partial charge in [-0.2, -0.15) is 0 Å². The summed E-state index contributed by atoms with van der Waals surface area (Å²) in [4.78, 5) is 26.2.